The van der Waals surface area contributed by atoms with E-state index >= 15 is 0 Å². The number of rotatable bonds is 10. The summed E-state index contributed by atoms with van der Waals surface area (Å²) in [5.41, 5.74) is 1.99. The average Bonchev–Trinajstić information content (AvgIpc) is 2.78. The van der Waals surface area contributed by atoms with Gasteiger partial charge in [-0.05, 0) is 17.5 Å². The molecule has 0 radical (unpaired) electrons. The third-order valence-corrected chi connectivity index (χ3v) is 5.41. The number of carbonyl (C=O) groups excluding carboxylic acids is 1. The first kappa shape index (κ1) is 22.4. The fourth-order valence-corrected chi connectivity index (χ4v) is 3.70. The monoisotopic (exact) mass is 413 g/mol. The smallest absolute Gasteiger partial charge is 0.254 e. The molecule has 1 aliphatic rings. The van der Waals surface area contributed by atoms with E-state index in [0.29, 0.717) is 13.2 Å². The molecule has 3 rings (SSSR count). The standard InChI is InChI=1S/C24H31NO5/c1-2-3-14-25-20(17-29-15-18-10-6-4-7-11-18)23(21(26)22(27)24(25)28)30-16-19-12-8-5-9-13-19/h4-13,20-23,26-27H,2-3,14-17H2,1H3/t20-,21-,22+,23-/m1/s1. The SMILES string of the molecule is CCCCN1C(=O)[C@@H](O)[C@@H](O)[C@H](OCc2ccccc2)[C@H]1COCc1ccccc1. The maximum absolute atomic E-state index is 12.7. The van der Waals surface area contributed by atoms with E-state index in [9.17, 15) is 15.0 Å². The summed E-state index contributed by atoms with van der Waals surface area (Å²) < 4.78 is 12.0. The Morgan fingerprint density at radius 2 is 1.53 bits per heavy atom. The van der Waals surface area contributed by atoms with Gasteiger partial charge < -0.3 is 24.6 Å². The van der Waals surface area contributed by atoms with Crippen molar-refractivity contribution in [3.63, 3.8) is 0 Å². The normalized spacial score (nSPS) is 24.2. The Morgan fingerprint density at radius 1 is 0.933 bits per heavy atom. The minimum absolute atomic E-state index is 0.216. The van der Waals surface area contributed by atoms with Gasteiger partial charge in [-0.15, -0.1) is 0 Å². The van der Waals surface area contributed by atoms with Gasteiger partial charge in [0.25, 0.3) is 5.91 Å². The highest BCUT2D eigenvalue weighted by atomic mass is 16.5. The molecule has 4 atom stereocenters. The Bertz CT molecular complexity index is 770. The highest BCUT2D eigenvalue weighted by Crippen LogP contribution is 2.25. The van der Waals surface area contributed by atoms with Crippen LogP contribution in [-0.4, -0.2) is 58.5 Å². The molecular formula is C24H31NO5. The van der Waals surface area contributed by atoms with E-state index in [1.165, 1.54) is 0 Å². The highest BCUT2D eigenvalue weighted by molar-refractivity contribution is 5.83. The van der Waals surface area contributed by atoms with E-state index in [2.05, 4.69) is 0 Å². The van der Waals surface area contributed by atoms with Crippen LogP contribution in [0.3, 0.4) is 0 Å². The molecule has 30 heavy (non-hydrogen) atoms. The highest BCUT2D eigenvalue weighted by Gasteiger charge is 2.48. The van der Waals surface area contributed by atoms with E-state index in [4.69, 9.17) is 9.47 Å². The van der Waals surface area contributed by atoms with Crippen molar-refractivity contribution < 1.29 is 24.5 Å². The summed E-state index contributed by atoms with van der Waals surface area (Å²) in [6.07, 6.45) is -1.83. The van der Waals surface area contributed by atoms with Gasteiger partial charge >= 0.3 is 0 Å². The molecule has 162 valence electrons. The van der Waals surface area contributed by atoms with Crippen LogP contribution in [0, 0.1) is 0 Å². The van der Waals surface area contributed by atoms with Crippen molar-refractivity contribution in [2.75, 3.05) is 13.2 Å². The zero-order chi connectivity index (χ0) is 21.3. The first-order valence-corrected chi connectivity index (χ1v) is 10.6. The van der Waals surface area contributed by atoms with Crippen molar-refractivity contribution in [3.8, 4) is 0 Å². The van der Waals surface area contributed by atoms with E-state index in [1.54, 1.807) is 4.90 Å². The largest absolute Gasteiger partial charge is 0.387 e. The zero-order valence-corrected chi connectivity index (χ0v) is 17.4. The average molecular weight is 414 g/mol. The number of piperidine rings is 1. The zero-order valence-electron chi connectivity index (χ0n) is 17.4. The lowest BCUT2D eigenvalue weighted by Crippen LogP contribution is -2.66. The molecule has 2 N–H and O–H groups in total. The summed E-state index contributed by atoms with van der Waals surface area (Å²) in [5.74, 6) is -0.469. The molecular weight excluding hydrogens is 382 g/mol. The molecule has 0 bridgehead atoms. The number of nitrogens with zero attached hydrogens (tertiary/aromatic N) is 1. The molecule has 0 saturated carbocycles. The minimum atomic E-state index is -1.49. The van der Waals surface area contributed by atoms with Gasteiger partial charge in [0.2, 0.25) is 0 Å². The Morgan fingerprint density at radius 3 is 2.13 bits per heavy atom. The number of amides is 1. The second-order valence-corrected chi connectivity index (χ2v) is 7.65. The lowest BCUT2D eigenvalue weighted by Gasteiger charge is -2.45. The van der Waals surface area contributed by atoms with Crippen LogP contribution in [0.25, 0.3) is 0 Å². The van der Waals surface area contributed by atoms with Gasteiger partial charge in [0.15, 0.2) is 6.10 Å². The van der Waals surface area contributed by atoms with Gasteiger partial charge in [-0.3, -0.25) is 4.79 Å². The molecule has 0 aromatic heterocycles. The molecule has 0 aliphatic carbocycles. The van der Waals surface area contributed by atoms with Crippen molar-refractivity contribution in [1.82, 2.24) is 4.90 Å². The summed E-state index contributed by atoms with van der Waals surface area (Å²) in [6.45, 7) is 3.43. The first-order chi connectivity index (χ1) is 14.6. The van der Waals surface area contributed by atoms with Crippen LogP contribution >= 0.6 is 0 Å². The number of hydrogen-bond donors (Lipinski definition) is 2. The number of unbranched alkanes of at least 4 members (excludes halogenated alkanes) is 1. The van der Waals surface area contributed by atoms with Crippen LogP contribution in [-0.2, 0) is 27.5 Å². The van der Waals surface area contributed by atoms with Crippen LogP contribution in [0.4, 0.5) is 0 Å². The maximum atomic E-state index is 12.7. The number of benzene rings is 2. The van der Waals surface area contributed by atoms with Crippen molar-refractivity contribution in [2.45, 2.75) is 57.3 Å². The van der Waals surface area contributed by atoms with E-state index in [-0.39, 0.29) is 13.2 Å². The number of likely N-dealkylation sites (tertiary alicyclic amines) is 1. The minimum Gasteiger partial charge on any atom is -0.387 e. The second kappa shape index (κ2) is 11.2. The summed E-state index contributed by atoms with van der Waals surface area (Å²) in [6, 6.07) is 18.9. The fourth-order valence-electron chi connectivity index (χ4n) is 3.70. The molecule has 1 aliphatic heterocycles. The van der Waals surface area contributed by atoms with E-state index in [0.717, 1.165) is 24.0 Å². The maximum Gasteiger partial charge on any atom is 0.254 e. The number of aliphatic hydroxyl groups excluding tert-OH is 2. The topological polar surface area (TPSA) is 79.2 Å². The predicted octanol–water partition coefficient (Wildman–Crippen LogP) is 2.52. The summed E-state index contributed by atoms with van der Waals surface area (Å²) in [4.78, 5) is 14.3. The van der Waals surface area contributed by atoms with E-state index < -0.39 is 30.3 Å². The molecule has 2 aromatic carbocycles. The fraction of sp³-hybridized carbons (Fsp3) is 0.458. The van der Waals surface area contributed by atoms with Gasteiger partial charge in [0.05, 0.1) is 25.9 Å². The molecule has 1 fully saturated rings. The van der Waals surface area contributed by atoms with Crippen molar-refractivity contribution in [2.24, 2.45) is 0 Å². The quantitative estimate of drug-likeness (QED) is 0.626. The lowest BCUT2D eigenvalue weighted by molar-refractivity contribution is -0.191. The lowest BCUT2D eigenvalue weighted by atomic mass is 9.92. The van der Waals surface area contributed by atoms with Gasteiger partial charge in [-0.2, -0.15) is 0 Å². The number of hydrogen-bond acceptors (Lipinski definition) is 5. The number of carbonyl (C=O) groups is 1. The Labute approximate surface area is 178 Å². The molecule has 2 aromatic rings. The van der Waals surface area contributed by atoms with Crippen molar-refractivity contribution in [3.05, 3.63) is 71.8 Å². The van der Waals surface area contributed by atoms with Gasteiger partial charge in [0.1, 0.15) is 12.2 Å². The first-order valence-electron chi connectivity index (χ1n) is 10.6. The molecule has 1 heterocycles. The van der Waals surface area contributed by atoms with Crippen molar-refractivity contribution in [1.29, 1.82) is 0 Å². The van der Waals surface area contributed by atoms with Crippen LogP contribution in [0.2, 0.25) is 0 Å². The van der Waals surface area contributed by atoms with Gasteiger partial charge in [0, 0.05) is 6.54 Å². The molecule has 6 heteroatoms. The molecule has 1 saturated heterocycles. The molecule has 1 amide bonds. The Hall–Kier alpha value is -2.25. The number of aliphatic hydroxyl groups is 2. The van der Waals surface area contributed by atoms with Gasteiger partial charge in [-0.1, -0.05) is 74.0 Å². The Balaban J connectivity index is 1.73. The van der Waals surface area contributed by atoms with Crippen molar-refractivity contribution >= 4 is 5.91 Å². The molecule has 0 spiro atoms. The Kier molecular flexibility index (Phi) is 8.39. The third kappa shape index (κ3) is 5.67. The predicted molar refractivity (Wildman–Crippen MR) is 114 cm³/mol. The second-order valence-electron chi connectivity index (χ2n) is 7.65. The molecule has 0 unspecified atom stereocenters. The third-order valence-electron chi connectivity index (χ3n) is 5.41. The number of ether oxygens (including phenoxy) is 2. The van der Waals surface area contributed by atoms with Crippen LogP contribution in [0.1, 0.15) is 30.9 Å². The van der Waals surface area contributed by atoms with E-state index in [1.807, 2.05) is 67.6 Å². The van der Waals surface area contributed by atoms with Crippen LogP contribution in [0.15, 0.2) is 60.7 Å². The summed E-state index contributed by atoms with van der Waals surface area (Å²) in [7, 11) is 0. The van der Waals surface area contributed by atoms with Gasteiger partial charge in [-0.25, -0.2) is 0 Å². The van der Waals surface area contributed by atoms with Crippen LogP contribution in [0.5, 0.6) is 0 Å². The van der Waals surface area contributed by atoms with Crippen LogP contribution < -0.4 is 0 Å². The molecule has 6 nitrogen and oxygen atoms in total. The summed E-state index contributed by atoms with van der Waals surface area (Å²) in [5, 5.41) is 21.0. The summed E-state index contributed by atoms with van der Waals surface area (Å²) >= 11 is 0.